The van der Waals surface area contributed by atoms with Crippen LogP contribution in [0.3, 0.4) is 0 Å². The summed E-state index contributed by atoms with van der Waals surface area (Å²) in [6.07, 6.45) is 2.01. The number of fused-ring (bicyclic) bond motifs is 1. The topological polar surface area (TPSA) is 24.6 Å². The summed E-state index contributed by atoms with van der Waals surface area (Å²) < 4.78 is 15.3. The smallest absolute Gasteiger partial charge is 0.123 e. The summed E-state index contributed by atoms with van der Waals surface area (Å²) in [5, 5.41) is 9.88. The molecule has 0 aliphatic carbocycles. The molecule has 3 aromatic rings. The predicted molar refractivity (Wildman–Crippen MR) is 82.8 cm³/mol. The van der Waals surface area contributed by atoms with Gasteiger partial charge in [0.15, 0.2) is 0 Å². The predicted octanol–water partition coefficient (Wildman–Crippen LogP) is 4.36. The quantitative estimate of drug-likeness (QED) is 0.759. The number of nitrogens with zero attached hydrogens (tertiary/aromatic N) is 1. The average molecular weight is 283 g/mol. The van der Waals surface area contributed by atoms with Crippen LogP contribution in [-0.4, -0.2) is 9.51 Å². The van der Waals surface area contributed by atoms with Gasteiger partial charge in [-0.25, -0.2) is 4.39 Å². The van der Waals surface area contributed by atoms with Gasteiger partial charge in [0, 0.05) is 23.0 Å². The highest BCUT2D eigenvalue weighted by Crippen LogP contribution is 2.36. The number of pyridine rings is 1. The van der Waals surface area contributed by atoms with Gasteiger partial charge in [-0.1, -0.05) is 32.0 Å². The molecule has 0 saturated heterocycles. The fourth-order valence-corrected chi connectivity index (χ4v) is 3.01. The van der Waals surface area contributed by atoms with Crippen LogP contribution in [0.15, 0.2) is 48.7 Å². The molecular weight excluding hydrogens is 265 g/mol. The number of aliphatic hydroxyl groups excluding tert-OH is 1. The summed E-state index contributed by atoms with van der Waals surface area (Å²) >= 11 is 0. The van der Waals surface area contributed by atoms with Crippen molar-refractivity contribution in [1.29, 1.82) is 0 Å². The summed E-state index contributed by atoms with van der Waals surface area (Å²) in [4.78, 5) is 0. The molecule has 2 nitrogen and oxygen atoms in total. The third-order valence-corrected chi connectivity index (χ3v) is 3.82. The average Bonchev–Trinajstić information content (AvgIpc) is 2.82. The molecule has 0 amide bonds. The Balaban J connectivity index is 2.38. The first kappa shape index (κ1) is 13.8. The van der Waals surface area contributed by atoms with Crippen molar-refractivity contribution in [3.63, 3.8) is 0 Å². The molecule has 0 atom stereocenters. The lowest BCUT2D eigenvalue weighted by atomic mass is 9.98. The first-order chi connectivity index (χ1) is 10.1. The van der Waals surface area contributed by atoms with E-state index in [0.29, 0.717) is 0 Å². The van der Waals surface area contributed by atoms with Crippen LogP contribution >= 0.6 is 0 Å². The summed E-state index contributed by atoms with van der Waals surface area (Å²) in [6, 6.07) is 12.4. The third kappa shape index (κ3) is 2.24. The van der Waals surface area contributed by atoms with E-state index in [0.717, 1.165) is 27.9 Å². The van der Waals surface area contributed by atoms with Crippen LogP contribution in [0.25, 0.3) is 16.6 Å². The standard InChI is InChI=1S/C18H18FNO/c1-12(2)18-15(11-21)17(13-6-8-14(19)9-7-13)16-5-3-4-10-20(16)18/h3-10,12,21H,11H2,1-2H3. The lowest BCUT2D eigenvalue weighted by Gasteiger charge is -2.09. The molecule has 0 saturated carbocycles. The molecule has 3 rings (SSSR count). The molecule has 0 bridgehead atoms. The van der Waals surface area contributed by atoms with E-state index in [1.54, 1.807) is 12.1 Å². The van der Waals surface area contributed by atoms with Gasteiger partial charge in [0.2, 0.25) is 0 Å². The molecule has 0 spiro atoms. The van der Waals surface area contributed by atoms with E-state index < -0.39 is 0 Å². The lowest BCUT2D eigenvalue weighted by molar-refractivity contribution is 0.280. The van der Waals surface area contributed by atoms with Crippen LogP contribution in [0.4, 0.5) is 4.39 Å². The molecule has 2 aromatic heterocycles. The van der Waals surface area contributed by atoms with Gasteiger partial charge < -0.3 is 9.51 Å². The van der Waals surface area contributed by atoms with E-state index in [4.69, 9.17) is 0 Å². The summed E-state index contributed by atoms with van der Waals surface area (Å²) in [6.45, 7) is 4.20. The van der Waals surface area contributed by atoms with Crippen molar-refractivity contribution in [3.8, 4) is 11.1 Å². The molecule has 2 heterocycles. The van der Waals surface area contributed by atoms with Gasteiger partial charge in [-0.3, -0.25) is 0 Å². The number of hydrogen-bond donors (Lipinski definition) is 1. The minimum absolute atomic E-state index is 0.0259. The Morgan fingerprint density at radius 2 is 1.81 bits per heavy atom. The SMILES string of the molecule is CC(C)c1c(CO)c(-c2ccc(F)cc2)c2ccccn12. The number of aliphatic hydroxyl groups is 1. The number of halogens is 1. The Morgan fingerprint density at radius 1 is 1.10 bits per heavy atom. The monoisotopic (exact) mass is 283 g/mol. The molecule has 1 N–H and O–H groups in total. The summed E-state index contributed by atoms with van der Waals surface area (Å²) in [5.74, 6) is 0.0353. The van der Waals surface area contributed by atoms with E-state index in [-0.39, 0.29) is 18.3 Å². The molecule has 0 fully saturated rings. The van der Waals surface area contributed by atoms with Crippen molar-refractivity contribution in [2.24, 2.45) is 0 Å². The van der Waals surface area contributed by atoms with E-state index in [9.17, 15) is 9.50 Å². The molecule has 0 aliphatic heterocycles. The fourth-order valence-electron chi connectivity index (χ4n) is 3.01. The highest BCUT2D eigenvalue weighted by Gasteiger charge is 2.20. The molecule has 1 aromatic carbocycles. The molecular formula is C18H18FNO. The van der Waals surface area contributed by atoms with E-state index in [2.05, 4.69) is 18.2 Å². The van der Waals surface area contributed by atoms with Crippen LogP contribution in [0, 0.1) is 5.82 Å². The Hall–Kier alpha value is -2.13. The van der Waals surface area contributed by atoms with Crippen molar-refractivity contribution in [2.45, 2.75) is 26.4 Å². The Bertz CT molecular complexity index is 772. The van der Waals surface area contributed by atoms with Crippen LogP contribution in [0.5, 0.6) is 0 Å². The van der Waals surface area contributed by atoms with Crippen LogP contribution in [-0.2, 0) is 6.61 Å². The lowest BCUT2D eigenvalue weighted by Crippen LogP contribution is -1.98. The van der Waals surface area contributed by atoms with Gasteiger partial charge in [-0.15, -0.1) is 0 Å². The maximum atomic E-state index is 13.2. The zero-order chi connectivity index (χ0) is 15.0. The van der Waals surface area contributed by atoms with Gasteiger partial charge in [-0.2, -0.15) is 0 Å². The maximum Gasteiger partial charge on any atom is 0.123 e. The number of rotatable bonds is 3. The molecule has 0 unspecified atom stereocenters. The van der Waals surface area contributed by atoms with Crippen molar-refractivity contribution in [1.82, 2.24) is 4.40 Å². The Kier molecular flexibility index (Phi) is 3.52. The van der Waals surface area contributed by atoms with Crippen molar-refractivity contribution < 1.29 is 9.50 Å². The zero-order valence-electron chi connectivity index (χ0n) is 12.2. The Labute approximate surface area is 123 Å². The fraction of sp³-hybridized carbons (Fsp3) is 0.222. The molecule has 3 heteroatoms. The number of hydrogen-bond acceptors (Lipinski definition) is 1. The highest BCUT2D eigenvalue weighted by atomic mass is 19.1. The van der Waals surface area contributed by atoms with Gasteiger partial charge in [-0.05, 0) is 35.7 Å². The summed E-state index contributed by atoms with van der Waals surface area (Å²) in [7, 11) is 0. The second kappa shape index (κ2) is 5.34. The van der Waals surface area contributed by atoms with Gasteiger partial charge >= 0.3 is 0 Å². The van der Waals surface area contributed by atoms with Crippen LogP contribution in [0.2, 0.25) is 0 Å². The summed E-state index contributed by atoms with van der Waals surface area (Å²) in [5.41, 5.74) is 4.98. The molecule has 21 heavy (non-hydrogen) atoms. The second-order valence-electron chi connectivity index (χ2n) is 5.51. The second-order valence-corrected chi connectivity index (χ2v) is 5.51. The molecule has 0 aliphatic rings. The zero-order valence-corrected chi connectivity index (χ0v) is 12.2. The normalized spacial score (nSPS) is 11.5. The first-order valence-electron chi connectivity index (χ1n) is 7.12. The van der Waals surface area contributed by atoms with Crippen molar-refractivity contribution in [3.05, 3.63) is 65.7 Å². The van der Waals surface area contributed by atoms with Crippen molar-refractivity contribution >= 4 is 5.52 Å². The van der Waals surface area contributed by atoms with Crippen LogP contribution in [0.1, 0.15) is 31.0 Å². The minimum Gasteiger partial charge on any atom is -0.392 e. The number of aromatic nitrogens is 1. The largest absolute Gasteiger partial charge is 0.392 e. The Morgan fingerprint density at radius 3 is 2.43 bits per heavy atom. The van der Waals surface area contributed by atoms with Gasteiger partial charge in [0.25, 0.3) is 0 Å². The third-order valence-electron chi connectivity index (χ3n) is 3.82. The first-order valence-corrected chi connectivity index (χ1v) is 7.12. The van der Waals surface area contributed by atoms with E-state index >= 15 is 0 Å². The van der Waals surface area contributed by atoms with E-state index in [1.807, 2.05) is 24.4 Å². The van der Waals surface area contributed by atoms with Crippen LogP contribution < -0.4 is 0 Å². The molecule has 0 radical (unpaired) electrons. The van der Waals surface area contributed by atoms with E-state index in [1.165, 1.54) is 12.1 Å². The van der Waals surface area contributed by atoms with Gasteiger partial charge in [0.1, 0.15) is 5.82 Å². The highest BCUT2D eigenvalue weighted by molar-refractivity contribution is 5.85. The van der Waals surface area contributed by atoms with Gasteiger partial charge in [0.05, 0.1) is 12.1 Å². The molecule has 108 valence electrons. The van der Waals surface area contributed by atoms with Crippen molar-refractivity contribution in [2.75, 3.05) is 0 Å². The number of benzene rings is 1. The minimum atomic E-state index is -0.253. The maximum absolute atomic E-state index is 13.2.